The van der Waals surface area contributed by atoms with E-state index >= 15 is 0 Å². The molecule has 0 bridgehead atoms. The first kappa shape index (κ1) is 15.9. The zero-order chi connectivity index (χ0) is 14.8. The summed E-state index contributed by atoms with van der Waals surface area (Å²) in [6, 6.07) is 1.90. The quantitative estimate of drug-likeness (QED) is 0.860. The topological polar surface area (TPSA) is 60.9 Å². The van der Waals surface area contributed by atoms with E-state index in [4.69, 9.17) is 0 Å². The van der Waals surface area contributed by atoms with E-state index in [0.717, 1.165) is 19.5 Å². The zero-order valence-electron chi connectivity index (χ0n) is 11.9. The van der Waals surface area contributed by atoms with Crippen molar-refractivity contribution in [3.63, 3.8) is 0 Å². The molecule has 1 fully saturated rings. The Balaban J connectivity index is 2.17. The molecular weight excluding hydrogens is 296 g/mol. The smallest absolute Gasteiger partial charge is 0.244 e. The Bertz CT molecular complexity index is 538. The Morgan fingerprint density at radius 3 is 2.75 bits per heavy atom. The van der Waals surface area contributed by atoms with Crippen LogP contribution in [-0.4, -0.2) is 55.0 Å². The van der Waals surface area contributed by atoms with Crippen LogP contribution in [-0.2, 0) is 16.6 Å². The number of likely N-dealkylation sites (N-methyl/N-ethyl adjacent to an activating group) is 1. The molecule has 114 valence electrons. The van der Waals surface area contributed by atoms with E-state index in [9.17, 15) is 13.5 Å². The van der Waals surface area contributed by atoms with Gasteiger partial charge in [-0.1, -0.05) is 13.8 Å². The molecule has 1 aromatic rings. The Morgan fingerprint density at radius 1 is 1.45 bits per heavy atom. The molecule has 20 heavy (non-hydrogen) atoms. The molecule has 0 spiro atoms. The van der Waals surface area contributed by atoms with Gasteiger partial charge < -0.3 is 5.11 Å². The van der Waals surface area contributed by atoms with Gasteiger partial charge >= 0.3 is 0 Å². The molecule has 5 nitrogen and oxygen atoms in total. The van der Waals surface area contributed by atoms with Gasteiger partial charge in [0.25, 0.3) is 0 Å². The molecule has 0 amide bonds. The Labute approximate surface area is 124 Å². The summed E-state index contributed by atoms with van der Waals surface area (Å²) in [6.07, 6.45) is 0.875. The van der Waals surface area contributed by atoms with Gasteiger partial charge in [-0.05, 0) is 31.0 Å². The van der Waals surface area contributed by atoms with Crippen molar-refractivity contribution in [3.8, 4) is 0 Å². The van der Waals surface area contributed by atoms with E-state index in [1.165, 1.54) is 11.3 Å². The largest absolute Gasteiger partial charge is 0.391 e. The number of thiophene rings is 1. The van der Waals surface area contributed by atoms with E-state index in [1.807, 2.05) is 0 Å². The number of hydrogen-bond donors (Lipinski definition) is 1. The van der Waals surface area contributed by atoms with Crippen LogP contribution in [0.15, 0.2) is 16.3 Å². The number of sulfonamides is 1. The molecule has 0 aromatic carbocycles. The fourth-order valence-corrected chi connectivity index (χ4v) is 5.54. The minimum atomic E-state index is -3.46. The normalized spacial score (nSPS) is 20.9. The third kappa shape index (κ3) is 2.92. The predicted octanol–water partition coefficient (Wildman–Crippen LogP) is 1.35. The maximum Gasteiger partial charge on any atom is 0.244 e. The number of nitrogens with zero attached hydrogens (tertiary/aromatic N) is 2. The second-order valence-electron chi connectivity index (χ2n) is 4.89. The fourth-order valence-electron chi connectivity index (χ4n) is 2.78. The second kappa shape index (κ2) is 6.53. The zero-order valence-corrected chi connectivity index (χ0v) is 13.6. The number of rotatable bonds is 6. The van der Waals surface area contributed by atoms with E-state index < -0.39 is 10.0 Å². The molecule has 7 heteroatoms. The summed E-state index contributed by atoms with van der Waals surface area (Å²) in [5, 5.41) is 11.0. The molecule has 1 unspecified atom stereocenters. The second-order valence-corrected chi connectivity index (χ2v) is 7.80. The molecule has 2 rings (SSSR count). The highest BCUT2D eigenvalue weighted by Crippen LogP contribution is 2.28. The van der Waals surface area contributed by atoms with Crippen LogP contribution in [0, 0.1) is 0 Å². The van der Waals surface area contributed by atoms with Crippen LogP contribution in [0.2, 0.25) is 0 Å². The number of aliphatic hydroxyl groups is 1. The van der Waals surface area contributed by atoms with Gasteiger partial charge in [-0.15, -0.1) is 11.3 Å². The van der Waals surface area contributed by atoms with Crippen molar-refractivity contribution in [1.82, 2.24) is 9.21 Å². The van der Waals surface area contributed by atoms with Crippen LogP contribution in [0.4, 0.5) is 0 Å². The maximum atomic E-state index is 12.6. The van der Waals surface area contributed by atoms with Gasteiger partial charge in [-0.3, -0.25) is 4.90 Å². The van der Waals surface area contributed by atoms with Gasteiger partial charge in [0.15, 0.2) is 0 Å². The third-order valence-corrected chi connectivity index (χ3v) is 6.91. The van der Waals surface area contributed by atoms with Crippen molar-refractivity contribution >= 4 is 21.4 Å². The Hall–Kier alpha value is -0.470. The van der Waals surface area contributed by atoms with Crippen LogP contribution in [0.3, 0.4) is 0 Å². The summed E-state index contributed by atoms with van der Waals surface area (Å²) in [4.78, 5) is 3.09. The molecule has 1 N–H and O–H groups in total. The summed E-state index contributed by atoms with van der Waals surface area (Å²) >= 11 is 1.29. The highest BCUT2D eigenvalue weighted by atomic mass is 32.2. The Kier molecular flexibility index (Phi) is 5.19. The highest BCUT2D eigenvalue weighted by Gasteiger charge is 2.35. The van der Waals surface area contributed by atoms with Crippen LogP contribution in [0.5, 0.6) is 0 Å². The van der Waals surface area contributed by atoms with Gasteiger partial charge in [0.2, 0.25) is 10.0 Å². The van der Waals surface area contributed by atoms with Gasteiger partial charge in [0, 0.05) is 24.0 Å². The first-order valence-electron chi connectivity index (χ1n) is 6.96. The SMILES string of the molecule is CCN(CC)C1CCN(S(=O)(=O)c2ccsc2CO)C1. The van der Waals surface area contributed by atoms with Crippen molar-refractivity contribution < 1.29 is 13.5 Å². The first-order chi connectivity index (χ1) is 9.54. The van der Waals surface area contributed by atoms with Crippen LogP contribution in [0.1, 0.15) is 25.1 Å². The van der Waals surface area contributed by atoms with Crippen molar-refractivity contribution in [2.45, 2.75) is 37.8 Å². The molecule has 1 atom stereocenters. The minimum absolute atomic E-state index is 0.223. The minimum Gasteiger partial charge on any atom is -0.391 e. The highest BCUT2D eigenvalue weighted by molar-refractivity contribution is 7.89. The lowest BCUT2D eigenvalue weighted by molar-refractivity contribution is 0.224. The van der Waals surface area contributed by atoms with Gasteiger partial charge in [0.05, 0.1) is 11.5 Å². The molecule has 1 aromatic heterocycles. The molecule has 1 aliphatic rings. The molecule has 0 radical (unpaired) electrons. The average molecular weight is 318 g/mol. The summed E-state index contributed by atoms with van der Waals surface area (Å²) in [5.74, 6) is 0. The average Bonchev–Trinajstić information content (AvgIpc) is 3.09. The lowest BCUT2D eigenvalue weighted by Crippen LogP contribution is -2.38. The lowest BCUT2D eigenvalue weighted by Gasteiger charge is -2.26. The predicted molar refractivity (Wildman–Crippen MR) is 80.3 cm³/mol. The van der Waals surface area contributed by atoms with Crippen molar-refractivity contribution in [2.24, 2.45) is 0 Å². The first-order valence-corrected chi connectivity index (χ1v) is 9.28. The van der Waals surface area contributed by atoms with E-state index in [0.29, 0.717) is 24.0 Å². The summed E-state index contributed by atoms with van der Waals surface area (Å²) in [6.45, 7) is 6.96. The maximum absolute atomic E-state index is 12.6. The Morgan fingerprint density at radius 2 is 2.15 bits per heavy atom. The molecule has 1 aliphatic heterocycles. The summed E-state index contributed by atoms with van der Waals surface area (Å²) in [5.41, 5.74) is 0. The van der Waals surface area contributed by atoms with E-state index in [-0.39, 0.29) is 11.5 Å². The van der Waals surface area contributed by atoms with Crippen LogP contribution >= 0.6 is 11.3 Å². The van der Waals surface area contributed by atoms with Gasteiger partial charge in [0.1, 0.15) is 0 Å². The molecular formula is C13H22N2O3S2. The molecule has 0 aliphatic carbocycles. The van der Waals surface area contributed by atoms with Crippen molar-refractivity contribution in [2.75, 3.05) is 26.2 Å². The fraction of sp³-hybridized carbons (Fsp3) is 0.692. The van der Waals surface area contributed by atoms with E-state index in [1.54, 1.807) is 15.8 Å². The van der Waals surface area contributed by atoms with Crippen molar-refractivity contribution in [1.29, 1.82) is 0 Å². The molecule has 2 heterocycles. The van der Waals surface area contributed by atoms with Gasteiger partial charge in [-0.25, -0.2) is 8.42 Å². The molecule has 0 saturated carbocycles. The number of hydrogen-bond acceptors (Lipinski definition) is 5. The molecule has 1 saturated heterocycles. The standard InChI is InChI=1S/C13H22N2O3S2/c1-3-14(4-2)11-5-7-15(9-11)20(17,18)13-6-8-19-12(13)10-16/h6,8,11,16H,3-5,7,9-10H2,1-2H3. The van der Waals surface area contributed by atoms with Gasteiger partial charge in [-0.2, -0.15) is 4.31 Å². The lowest BCUT2D eigenvalue weighted by atomic mass is 10.2. The van der Waals surface area contributed by atoms with Crippen LogP contribution in [0.25, 0.3) is 0 Å². The summed E-state index contributed by atoms with van der Waals surface area (Å²) < 4.78 is 26.8. The monoisotopic (exact) mass is 318 g/mol. The summed E-state index contributed by atoms with van der Waals surface area (Å²) in [7, 11) is -3.46. The third-order valence-electron chi connectivity index (χ3n) is 3.92. The van der Waals surface area contributed by atoms with Crippen LogP contribution < -0.4 is 0 Å². The van der Waals surface area contributed by atoms with E-state index in [2.05, 4.69) is 18.7 Å². The van der Waals surface area contributed by atoms with Crippen molar-refractivity contribution in [3.05, 3.63) is 16.3 Å². The number of aliphatic hydroxyl groups excluding tert-OH is 1.